The molecule has 1 fully saturated rings. The number of carbonyl (C=O) groups is 1. The maximum absolute atomic E-state index is 11.8. The molecule has 0 bridgehead atoms. The first kappa shape index (κ1) is 12.0. The van der Waals surface area contributed by atoms with Crippen molar-refractivity contribution in [3.63, 3.8) is 0 Å². The van der Waals surface area contributed by atoms with Gasteiger partial charge in [0.2, 0.25) is 0 Å². The standard InChI is InChI=1S/C12H24OSi/c1-10-5-6-11(9-10)7-8-12(13)14(2,3)4/h10-11H,5-9H2,1-4H3. The predicted octanol–water partition coefficient (Wildman–Crippen LogP) is 3.65. The van der Waals surface area contributed by atoms with E-state index in [0.29, 0.717) is 5.41 Å². The molecule has 0 N–H and O–H groups in total. The molecule has 0 amide bonds. The Balaban J connectivity index is 2.24. The third kappa shape index (κ3) is 3.56. The summed E-state index contributed by atoms with van der Waals surface area (Å²) in [6.45, 7) is 8.81. The number of hydrogen-bond donors (Lipinski definition) is 0. The molecule has 1 aliphatic carbocycles. The Morgan fingerprint density at radius 2 is 1.93 bits per heavy atom. The summed E-state index contributed by atoms with van der Waals surface area (Å²) in [7, 11) is -1.49. The van der Waals surface area contributed by atoms with Crippen LogP contribution < -0.4 is 0 Å². The first-order valence-electron chi connectivity index (χ1n) is 5.93. The Morgan fingerprint density at radius 3 is 2.36 bits per heavy atom. The van der Waals surface area contributed by atoms with Crippen LogP contribution in [0.25, 0.3) is 0 Å². The summed E-state index contributed by atoms with van der Waals surface area (Å²) in [4.78, 5) is 11.8. The summed E-state index contributed by atoms with van der Waals surface area (Å²) in [5.74, 6) is 1.76. The highest BCUT2D eigenvalue weighted by Gasteiger charge is 2.26. The highest BCUT2D eigenvalue weighted by Crippen LogP contribution is 2.33. The van der Waals surface area contributed by atoms with E-state index in [4.69, 9.17) is 0 Å². The van der Waals surface area contributed by atoms with E-state index >= 15 is 0 Å². The quantitative estimate of drug-likeness (QED) is 0.650. The van der Waals surface area contributed by atoms with Gasteiger partial charge >= 0.3 is 0 Å². The fraction of sp³-hybridized carbons (Fsp3) is 0.917. The second-order valence-corrected chi connectivity index (χ2v) is 11.1. The van der Waals surface area contributed by atoms with Gasteiger partial charge in [0.1, 0.15) is 13.5 Å². The lowest BCUT2D eigenvalue weighted by molar-refractivity contribution is -0.113. The fourth-order valence-electron chi connectivity index (χ4n) is 2.30. The highest BCUT2D eigenvalue weighted by molar-refractivity contribution is 7.03. The Bertz CT molecular complexity index is 205. The SMILES string of the molecule is CC1CCC(CCC(=O)[Si](C)(C)C)C1. The maximum atomic E-state index is 11.8. The van der Waals surface area contributed by atoms with Crippen LogP contribution in [0, 0.1) is 11.8 Å². The van der Waals surface area contributed by atoms with Crippen molar-refractivity contribution >= 4 is 13.5 Å². The molecular formula is C12H24OSi. The predicted molar refractivity (Wildman–Crippen MR) is 64.1 cm³/mol. The van der Waals surface area contributed by atoms with Crippen LogP contribution in [0.5, 0.6) is 0 Å². The smallest absolute Gasteiger partial charge is 0.123 e. The molecule has 1 saturated carbocycles. The zero-order valence-electron chi connectivity index (χ0n) is 10.1. The Morgan fingerprint density at radius 1 is 1.29 bits per heavy atom. The molecule has 0 aliphatic heterocycles. The molecule has 2 atom stereocenters. The van der Waals surface area contributed by atoms with Crippen LogP contribution in [0.3, 0.4) is 0 Å². The van der Waals surface area contributed by atoms with Crippen molar-refractivity contribution in [1.29, 1.82) is 0 Å². The van der Waals surface area contributed by atoms with Crippen LogP contribution in [0.1, 0.15) is 39.0 Å². The minimum atomic E-state index is -1.49. The second kappa shape index (κ2) is 4.60. The Hall–Kier alpha value is -0.113. The Kier molecular flexibility index (Phi) is 3.93. The van der Waals surface area contributed by atoms with Gasteiger partial charge in [0.25, 0.3) is 0 Å². The van der Waals surface area contributed by atoms with Crippen LogP contribution in [0.2, 0.25) is 19.6 Å². The van der Waals surface area contributed by atoms with Gasteiger partial charge in [0.15, 0.2) is 0 Å². The highest BCUT2D eigenvalue weighted by atomic mass is 28.3. The summed E-state index contributed by atoms with van der Waals surface area (Å²) in [5.41, 5.74) is 0. The van der Waals surface area contributed by atoms with E-state index in [1.165, 1.54) is 19.3 Å². The maximum Gasteiger partial charge on any atom is 0.123 e. The topological polar surface area (TPSA) is 17.1 Å². The number of rotatable bonds is 4. The molecule has 2 heteroatoms. The van der Waals surface area contributed by atoms with Gasteiger partial charge in [-0.1, -0.05) is 39.4 Å². The molecule has 0 aromatic rings. The summed E-state index contributed by atoms with van der Waals surface area (Å²) in [6.07, 6.45) is 6.12. The van der Waals surface area contributed by atoms with Crippen molar-refractivity contribution in [3.05, 3.63) is 0 Å². The molecule has 14 heavy (non-hydrogen) atoms. The van der Waals surface area contributed by atoms with E-state index in [2.05, 4.69) is 26.6 Å². The van der Waals surface area contributed by atoms with Gasteiger partial charge in [-0.25, -0.2) is 0 Å². The zero-order chi connectivity index (χ0) is 10.8. The lowest BCUT2D eigenvalue weighted by Crippen LogP contribution is -2.33. The van der Waals surface area contributed by atoms with E-state index in [-0.39, 0.29) is 0 Å². The van der Waals surface area contributed by atoms with Gasteiger partial charge in [0, 0.05) is 6.42 Å². The normalized spacial score (nSPS) is 28.0. The van der Waals surface area contributed by atoms with Crippen molar-refractivity contribution in [1.82, 2.24) is 0 Å². The lowest BCUT2D eigenvalue weighted by Gasteiger charge is -2.15. The van der Waals surface area contributed by atoms with Gasteiger partial charge in [-0.2, -0.15) is 0 Å². The molecule has 0 heterocycles. The third-order valence-corrected chi connectivity index (χ3v) is 5.34. The first-order valence-corrected chi connectivity index (χ1v) is 9.43. The van der Waals surface area contributed by atoms with Crippen molar-refractivity contribution in [2.75, 3.05) is 0 Å². The van der Waals surface area contributed by atoms with E-state index in [9.17, 15) is 4.79 Å². The second-order valence-electron chi connectivity index (χ2n) is 6.00. The number of hydrogen-bond acceptors (Lipinski definition) is 1. The van der Waals surface area contributed by atoms with E-state index in [0.717, 1.165) is 24.7 Å². The number of carbonyl (C=O) groups excluding carboxylic acids is 1. The third-order valence-electron chi connectivity index (χ3n) is 3.42. The summed E-state index contributed by atoms with van der Waals surface area (Å²) in [6, 6.07) is 0. The monoisotopic (exact) mass is 212 g/mol. The van der Waals surface area contributed by atoms with Gasteiger partial charge in [-0.15, -0.1) is 0 Å². The molecule has 2 unspecified atom stereocenters. The van der Waals surface area contributed by atoms with Crippen molar-refractivity contribution in [2.45, 2.75) is 58.7 Å². The minimum absolute atomic E-state index is 0.567. The molecular weight excluding hydrogens is 188 g/mol. The van der Waals surface area contributed by atoms with E-state index in [1.54, 1.807) is 0 Å². The molecule has 0 radical (unpaired) electrons. The summed E-state index contributed by atoms with van der Waals surface area (Å²) >= 11 is 0. The zero-order valence-corrected chi connectivity index (χ0v) is 11.1. The van der Waals surface area contributed by atoms with Crippen LogP contribution in [0.4, 0.5) is 0 Å². The summed E-state index contributed by atoms with van der Waals surface area (Å²) < 4.78 is 0. The van der Waals surface area contributed by atoms with Crippen LogP contribution in [-0.2, 0) is 4.79 Å². The largest absolute Gasteiger partial charge is 0.305 e. The van der Waals surface area contributed by atoms with E-state index < -0.39 is 8.07 Å². The molecule has 0 saturated heterocycles. The average Bonchev–Trinajstić information content (AvgIpc) is 2.45. The fourth-order valence-corrected chi connectivity index (χ4v) is 3.19. The lowest BCUT2D eigenvalue weighted by atomic mass is 10.0. The molecule has 1 aliphatic rings. The molecule has 82 valence electrons. The molecule has 0 spiro atoms. The first-order chi connectivity index (χ1) is 6.39. The van der Waals surface area contributed by atoms with Gasteiger partial charge < -0.3 is 4.79 Å². The van der Waals surface area contributed by atoms with E-state index in [1.807, 2.05) is 0 Å². The van der Waals surface area contributed by atoms with Crippen LogP contribution in [-0.4, -0.2) is 13.5 Å². The van der Waals surface area contributed by atoms with Gasteiger partial charge in [0.05, 0.1) is 0 Å². The van der Waals surface area contributed by atoms with Gasteiger partial charge in [-0.05, 0) is 24.7 Å². The van der Waals surface area contributed by atoms with Crippen molar-refractivity contribution in [2.24, 2.45) is 11.8 Å². The average molecular weight is 212 g/mol. The van der Waals surface area contributed by atoms with Crippen LogP contribution in [0.15, 0.2) is 0 Å². The molecule has 1 nitrogen and oxygen atoms in total. The summed E-state index contributed by atoms with van der Waals surface area (Å²) in [5, 5.41) is 0.567. The Labute approximate surface area is 89.3 Å². The van der Waals surface area contributed by atoms with Crippen molar-refractivity contribution < 1.29 is 4.79 Å². The van der Waals surface area contributed by atoms with Gasteiger partial charge in [-0.3, -0.25) is 0 Å². The molecule has 0 aromatic heterocycles. The molecule has 0 aromatic carbocycles. The van der Waals surface area contributed by atoms with Crippen molar-refractivity contribution in [3.8, 4) is 0 Å². The molecule has 1 rings (SSSR count). The minimum Gasteiger partial charge on any atom is -0.305 e. The van der Waals surface area contributed by atoms with Crippen LogP contribution >= 0.6 is 0 Å².